The topological polar surface area (TPSA) is 46.5 Å². The summed E-state index contributed by atoms with van der Waals surface area (Å²) in [6, 6.07) is 4.29. The number of aromatic amines is 1. The summed E-state index contributed by atoms with van der Waals surface area (Å²) in [4.78, 5) is 12.5. The van der Waals surface area contributed by atoms with E-state index in [-0.39, 0.29) is 0 Å². The van der Waals surface area contributed by atoms with E-state index in [4.69, 9.17) is 0 Å². The Hall–Kier alpha value is -2.10. The fraction of sp³-hybridized carbons (Fsp3) is 0.333. The third kappa shape index (κ3) is 2.14. The van der Waals surface area contributed by atoms with Crippen LogP contribution in [0, 0.1) is 6.92 Å². The highest BCUT2D eigenvalue weighted by molar-refractivity contribution is 5.84. The molecule has 0 amide bonds. The highest BCUT2D eigenvalue weighted by atomic mass is 15.0. The van der Waals surface area contributed by atoms with Crippen molar-refractivity contribution in [3.63, 3.8) is 0 Å². The maximum absolute atomic E-state index is 4.66. The average molecular weight is 254 g/mol. The number of fused-ring (bicyclic) bond motifs is 1. The van der Waals surface area contributed by atoms with E-state index in [1.54, 1.807) is 0 Å². The van der Waals surface area contributed by atoms with Gasteiger partial charge in [-0.05, 0) is 31.0 Å². The van der Waals surface area contributed by atoms with Crippen molar-refractivity contribution in [3.05, 3.63) is 36.0 Å². The fourth-order valence-corrected chi connectivity index (χ4v) is 2.41. The van der Waals surface area contributed by atoms with Crippen molar-refractivity contribution in [1.29, 1.82) is 0 Å². The molecule has 0 aliphatic rings. The van der Waals surface area contributed by atoms with Crippen LogP contribution in [0.2, 0.25) is 0 Å². The number of aromatic nitrogens is 4. The molecule has 0 saturated heterocycles. The largest absolute Gasteiger partial charge is 0.342 e. The molecule has 0 radical (unpaired) electrons. The maximum Gasteiger partial charge on any atom is 0.107 e. The van der Waals surface area contributed by atoms with Crippen LogP contribution in [-0.4, -0.2) is 19.5 Å². The highest BCUT2D eigenvalue weighted by Crippen LogP contribution is 2.25. The van der Waals surface area contributed by atoms with Gasteiger partial charge in [0.1, 0.15) is 5.82 Å². The summed E-state index contributed by atoms with van der Waals surface area (Å²) in [5.74, 6) is 1.07. The lowest BCUT2D eigenvalue weighted by Crippen LogP contribution is -1.84. The molecule has 3 aromatic rings. The van der Waals surface area contributed by atoms with E-state index in [2.05, 4.69) is 40.9 Å². The zero-order chi connectivity index (χ0) is 13.4. The summed E-state index contributed by atoms with van der Waals surface area (Å²) in [6.07, 6.45) is 5.95. The van der Waals surface area contributed by atoms with Crippen molar-refractivity contribution in [3.8, 4) is 11.3 Å². The standard InChI is InChI=1S/C15H18N4/c1-4-5-14-17-12-7-11(6-10(2)15(12)18-14)13-8-19(3)9-16-13/h6-9H,4-5H2,1-3H3,(H,17,18). The summed E-state index contributed by atoms with van der Waals surface area (Å²) < 4.78 is 1.96. The monoisotopic (exact) mass is 254 g/mol. The number of hydrogen-bond acceptors (Lipinski definition) is 2. The second-order valence-corrected chi connectivity index (χ2v) is 5.05. The van der Waals surface area contributed by atoms with Gasteiger partial charge in [0.2, 0.25) is 0 Å². The van der Waals surface area contributed by atoms with Gasteiger partial charge in [0.25, 0.3) is 0 Å². The van der Waals surface area contributed by atoms with E-state index >= 15 is 0 Å². The summed E-state index contributed by atoms with van der Waals surface area (Å²) in [6.45, 7) is 4.27. The minimum absolute atomic E-state index is 0.993. The van der Waals surface area contributed by atoms with E-state index in [1.807, 2.05) is 24.1 Å². The summed E-state index contributed by atoms with van der Waals surface area (Å²) in [7, 11) is 1.98. The highest BCUT2D eigenvalue weighted by Gasteiger charge is 2.09. The smallest absolute Gasteiger partial charge is 0.107 e. The van der Waals surface area contributed by atoms with Gasteiger partial charge in [-0.1, -0.05) is 6.92 Å². The quantitative estimate of drug-likeness (QED) is 0.780. The Balaban J connectivity index is 2.12. The molecule has 2 aromatic heterocycles. The molecule has 4 nitrogen and oxygen atoms in total. The van der Waals surface area contributed by atoms with Gasteiger partial charge in [0, 0.05) is 25.2 Å². The molecule has 0 fully saturated rings. The molecule has 2 heterocycles. The lowest BCUT2D eigenvalue weighted by molar-refractivity contribution is 0.861. The van der Waals surface area contributed by atoms with Crippen LogP contribution < -0.4 is 0 Å². The Labute approximate surface area is 112 Å². The molecule has 19 heavy (non-hydrogen) atoms. The lowest BCUT2D eigenvalue weighted by Gasteiger charge is -2.00. The molecule has 4 heteroatoms. The summed E-state index contributed by atoms with van der Waals surface area (Å²) in [5.41, 5.74) is 5.50. The Bertz CT molecular complexity index is 721. The Morgan fingerprint density at radius 2 is 2.16 bits per heavy atom. The number of rotatable bonds is 3. The fourth-order valence-electron chi connectivity index (χ4n) is 2.41. The number of nitrogens with one attached hydrogen (secondary N) is 1. The third-order valence-corrected chi connectivity index (χ3v) is 3.31. The zero-order valence-electron chi connectivity index (χ0n) is 11.6. The number of H-pyrrole nitrogens is 1. The van der Waals surface area contributed by atoms with E-state index in [0.717, 1.165) is 41.0 Å². The van der Waals surface area contributed by atoms with Crippen LogP contribution in [-0.2, 0) is 13.5 Å². The first-order chi connectivity index (χ1) is 9.17. The van der Waals surface area contributed by atoms with Crippen molar-refractivity contribution < 1.29 is 0 Å². The number of hydrogen-bond donors (Lipinski definition) is 1. The van der Waals surface area contributed by atoms with E-state index in [1.165, 1.54) is 5.56 Å². The molecule has 0 saturated carbocycles. The van der Waals surface area contributed by atoms with Gasteiger partial charge in [-0.2, -0.15) is 0 Å². The van der Waals surface area contributed by atoms with Crippen LogP contribution in [0.5, 0.6) is 0 Å². The molecule has 0 spiro atoms. The molecular weight excluding hydrogens is 236 g/mol. The van der Waals surface area contributed by atoms with Crippen molar-refractivity contribution >= 4 is 11.0 Å². The first-order valence-corrected chi connectivity index (χ1v) is 6.65. The van der Waals surface area contributed by atoms with Crippen LogP contribution in [0.3, 0.4) is 0 Å². The van der Waals surface area contributed by atoms with Crippen LogP contribution in [0.25, 0.3) is 22.3 Å². The maximum atomic E-state index is 4.66. The average Bonchev–Trinajstić information content (AvgIpc) is 2.96. The second kappa shape index (κ2) is 4.53. The molecule has 0 aliphatic carbocycles. The molecule has 0 unspecified atom stereocenters. The SMILES string of the molecule is CCCc1nc2c(C)cc(-c3cn(C)cn3)cc2[nH]1. The van der Waals surface area contributed by atoms with Crippen molar-refractivity contribution in [2.45, 2.75) is 26.7 Å². The minimum atomic E-state index is 0.993. The predicted octanol–water partition coefficient (Wildman–Crippen LogP) is 3.22. The first kappa shape index (κ1) is 12.0. The zero-order valence-corrected chi connectivity index (χ0v) is 11.6. The van der Waals surface area contributed by atoms with Crippen molar-refractivity contribution in [2.24, 2.45) is 7.05 Å². The number of imidazole rings is 2. The van der Waals surface area contributed by atoms with Gasteiger partial charge in [-0.3, -0.25) is 0 Å². The van der Waals surface area contributed by atoms with E-state index in [0.29, 0.717) is 0 Å². The van der Waals surface area contributed by atoms with Gasteiger partial charge in [-0.25, -0.2) is 9.97 Å². The third-order valence-electron chi connectivity index (χ3n) is 3.31. The normalized spacial score (nSPS) is 11.3. The molecule has 3 rings (SSSR count). The van der Waals surface area contributed by atoms with E-state index in [9.17, 15) is 0 Å². The number of nitrogens with zero attached hydrogens (tertiary/aromatic N) is 3. The predicted molar refractivity (Wildman–Crippen MR) is 77.0 cm³/mol. The number of benzene rings is 1. The molecule has 98 valence electrons. The Kier molecular flexibility index (Phi) is 2.85. The van der Waals surface area contributed by atoms with Crippen LogP contribution in [0.1, 0.15) is 24.7 Å². The Morgan fingerprint density at radius 1 is 1.32 bits per heavy atom. The molecule has 1 aromatic carbocycles. The van der Waals surface area contributed by atoms with Crippen LogP contribution >= 0.6 is 0 Å². The summed E-state index contributed by atoms with van der Waals surface area (Å²) >= 11 is 0. The molecule has 0 bridgehead atoms. The first-order valence-electron chi connectivity index (χ1n) is 6.65. The minimum Gasteiger partial charge on any atom is -0.342 e. The molecule has 1 N–H and O–H groups in total. The molecule has 0 aliphatic heterocycles. The lowest BCUT2D eigenvalue weighted by atomic mass is 10.1. The Morgan fingerprint density at radius 3 is 2.84 bits per heavy atom. The summed E-state index contributed by atoms with van der Waals surface area (Å²) in [5, 5.41) is 0. The van der Waals surface area contributed by atoms with Crippen LogP contribution in [0.15, 0.2) is 24.7 Å². The second-order valence-electron chi connectivity index (χ2n) is 5.05. The number of aryl methyl sites for hydroxylation is 3. The van der Waals surface area contributed by atoms with Crippen LogP contribution in [0.4, 0.5) is 0 Å². The van der Waals surface area contributed by atoms with Gasteiger partial charge in [-0.15, -0.1) is 0 Å². The van der Waals surface area contributed by atoms with Gasteiger partial charge >= 0.3 is 0 Å². The van der Waals surface area contributed by atoms with Gasteiger partial charge in [0.15, 0.2) is 0 Å². The van der Waals surface area contributed by atoms with Crippen molar-refractivity contribution in [1.82, 2.24) is 19.5 Å². The molecular formula is C15H18N4. The van der Waals surface area contributed by atoms with Gasteiger partial charge < -0.3 is 9.55 Å². The molecule has 0 atom stereocenters. The van der Waals surface area contributed by atoms with Gasteiger partial charge in [0.05, 0.1) is 23.1 Å². The van der Waals surface area contributed by atoms with Crippen molar-refractivity contribution in [2.75, 3.05) is 0 Å². The van der Waals surface area contributed by atoms with E-state index < -0.39 is 0 Å².